The molecule has 0 bridgehead atoms. The van der Waals surface area contributed by atoms with Gasteiger partial charge in [-0.25, -0.2) is 0 Å². The van der Waals surface area contributed by atoms with Gasteiger partial charge in [-0.2, -0.15) is 0 Å². The first kappa shape index (κ1) is 16.0. The minimum absolute atomic E-state index is 0.215. The van der Waals surface area contributed by atoms with Crippen molar-refractivity contribution in [1.29, 1.82) is 0 Å². The van der Waals surface area contributed by atoms with Crippen LogP contribution in [0.2, 0.25) is 0 Å². The molecule has 0 aliphatic carbocycles. The summed E-state index contributed by atoms with van der Waals surface area (Å²) >= 11 is 0. The molecule has 26 heavy (non-hydrogen) atoms. The van der Waals surface area contributed by atoms with E-state index in [0.29, 0.717) is 0 Å². The lowest BCUT2D eigenvalue weighted by molar-refractivity contribution is 0.476. The third kappa shape index (κ3) is 2.82. The van der Waals surface area contributed by atoms with E-state index in [-0.39, 0.29) is 11.5 Å². The number of phenols is 2. The molecule has 0 saturated heterocycles. The molecule has 4 rings (SSSR count). The van der Waals surface area contributed by atoms with Crippen LogP contribution < -0.4 is 0 Å². The average molecular weight is 338 g/mol. The van der Waals surface area contributed by atoms with Crippen LogP contribution in [0.4, 0.5) is 0 Å². The largest absolute Gasteiger partial charge is 0.507 e. The van der Waals surface area contributed by atoms with Crippen molar-refractivity contribution in [2.45, 2.75) is 0 Å². The van der Waals surface area contributed by atoms with Gasteiger partial charge in [0.25, 0.3) is 0 Å². The Balaban J connectivity index is 2.08. The fraction of sp³-hybridized carbons (Fsp3) is 0. The Morgan fingerprint density at radius 1 is 0.385 bits per heavy atom. The Kier molecular flexibility index (Phi) is 4.16. The summed E-state index contributed by atoms with van der Waals surface area (Å²) in [6.45, 7) is 0. The Morgan fingerprint density at radius 3 is 1.54 bits per heavy atom. The van der Waals surface area contributed by atoms with Crippen molar-refractivity contribution in [1.82, 2.24) is 0 Å². The molecule has 0 spiro atoms. The van der Waals surface area contributed by atoms with Crippen LogP contribution in [-0.4, -0.2) is 10.2 Å². The molecule has 0 atom stereocenters. The molecule has 0 aromatic heterocycles. The quantitative estimate of drug-likeness (QED) is 0.474. The molecule has 0 unspecified atom stereocenters. The maximum absolute atomic E-state index is 10.5. The van der Waals surface area contributed by atoms with Gasteiger partial charge in [0.05, 0.1) is 0 Å². The summed E-state index contributed by atoms with van der Waals surface area (Å²) in [5, 5.41) is 20.9. The Labute approximate surface area is 152 Å². The van der Waals surface area contributed by atoms with Crippen LogP contribution in [0.15, 0.2) is 97.1 Å². The van der Waals surface area contributed by atoms with E-state index in [9.17, 15) is 10.2 Å². The zero-order valence-corrected chi connectivity index (χ0v) is 14.1. The summed E-state index contributed by atoms with van der Waals surface area (Å²) in [6.07, 6.45) is 0. The van der Waals surface area contributed by atoms with Gasteiger partial charge in [0.1, 0.15) is 11.5 Å². The highest BCUT2D eigenvalue weighted by Gasteiger charge is 2.17. The van der Waals surface area contributed by atoms with Crippen molar-refractivity contribution < 1.29 is 10.2 Å². The minimum atomic E-state index is 0.215. The number of rotatable bonds is 3. The number of aromatic hydroxyl groups is 2. The maximum atomic E-state index is 10.5. The summed E-state index contributed by atoms with van der Waals surface area (Å²) in [7, 11) is 0. The molecule has 0 aliphatic heterocycles. The molecule has 4 aromatic rings. The van der Waals surface area contributed by atoms with Gasteiger partial charge in [-0.05, 0) is 28.8 Å². The highest BCUT2D eigenvalue weighted by atomic mass is 16.3. The Morgan fingerprint density at radius 2 is 0.885 bits per heavy atom. The third-order valence-electron chi connectivity index (χ3n) is 4.52. The first-order valence-corrected chi connectivity index (χ1v) is 8.51. The molecular formula is C24H18O2. The predicted octanol–water partition coefficient (Wildman–Crippen LogP) is 6.10. The molecule has 126 valence electrons. The molecule has 0 heterocycles. The number of phenolic OH excluding ortho intramolecular Hbond substituents is 2. The maximum Gasteiger partial charge on any atom is 0.123 e. The van der Waals surface area contributed by atoms with E-state index in [1.54, 1.807) is 18.2 Å². The van der Waals surface area contributed by atoms with Crippen molar-refractivity contribution in [3.63, 3.8) is 0 Å². The summed E-state index contributed by atoms with van der Waals surface area (Å²) in [6, 6.07) is 30.7. The number of benzene rings is 4. The zero-order chi connectivity index (χ0) is 17.9. The normalized spacial score (nSPS) is 10.6. The summed E-state index contributed by atoms with van der Waals surface area (Å²) in [5.74, 6) is 0.432. The lowest BCUT2D eigenvalue weighted by Crippen LogP contribution is -1.91. The standard InChI is InChI=1S/C24H18O2/c25-22-15-6-4-11-19(22)20-14-8-13-18(17-9-2-1-3-10-17)24(20)21-12-5-7-16-23(21)26/h1-16,25-26H. The van der Waals surface area contributed by atoms with E-state index in [4.69, 9.17) is 0 Å². The van der Waals surface area contributed by atoms with Crippen molar-refractivity contribution in [3.8, 4) is 44.9 Å². The second-order valence-corrected chi connectivity index (χ2v) is 6.13. The lowest BCUT2D eigenvalue weighted by Gasteiger charge is -2.17. The third-order valence-corrected chi connectivity index (χ3v) is 4.52. The Hall–Kier alpha value is -3.52. The van der Waals surface area contributed by atoms with E-state index in [2.05, 4.69) is 0 Å². The molecule has 2 heteroatoms. The van der Waals surface area contributed by atoms with E-state index in [1.165, 1.54) is 0 Å². The molecule has 0 aliphatic rings. The highest BCUT2D eigenvalue weighted by molar-refractivity contribution is 5.97. The van der Waals surface area contributed by atoms with E-state index < -0.39 is 0 Å². The monoisotopic (exact) mass is 338 g/mol. The van der Waals surface area contributed by atoms with Crippen LogP contribution in [0.5, 0.6) is 11.5 Å². The van der Waals surface area contributed by atoms with Crippen LogP contribution in [0, 0.1) is 0 Å². The van der Waals surface area contributed by atoms with Gasteiger partial charge in [-0.3, -0.25) is 0 Å². The fourth-order valence-electron chi connectivity index (χ4n) is 3.31. The lowest BCUT2D eigenvalue weighted by atomic mass is 9.87. The van der Waals surface area contributed by atoms with Gasteiger partial charge in [0.2, 0.25) is 0 Å². The van der Waals surface area contributed by atoms with E-state index >= 15 is 0 Å². The second-order valence-electron chi connectivity index (χ2n) is 6.13. The zero-order valence-electron chi connectivity index (χ0n) is 14.1. The second kappa shape index (κ2) is 6.77. The molecule has 0 radical (unpaired) electrons. The SMILES string of the molecule is Oc1ccccc1-c1cccc(-c2ccccc2)c1-c1ccccc1O. The predicted molar refractivity (Wildman–Crippen MR) is 106 cm³/mol. The molecule has 4 aromatic carbocycles. The van der Waals surface area contributed by atoms with Crippen LogP contribution >= 0.6 is 0 Å². The van der Waals surface area contributed by atoms with Gasteiger partial charge in [0, 0.05) is 16.7 Å². The molecular weight excluding hydrogens is 320 g/mol. The van der Waals surface area contributed by atoms with Crippen molar-refractivity contribution in [3.05, 3.63) is 97.1 Å². The first-order valence-electron chi connectivity index (χ1n) is 8.51. The van der Waals surface area contributed by atoms with Crippen molar-refractivity contribution in [2.75, 3.05) is 0 Å². The van der Waals surface area contributed by atoms with Crippen LogP contribution in [0.1, 0.15) is 0 Å². The van der Waals surface area contributed by atoms with Gasteiger partial charge < -0.3 is 10.2 Å². The topological polar surface area (TPSA) is 40.5 Å². The van der Waals surface area contributed by atoms with Gasteiger partial charge in [0.15, 0.2) is 0 Å². The molecule has 0 amide bonds. The number of para-hydroxylation sites is 2. The smallest absolute Gasteiger partial charge is 0.123 e. The van der Waals surface area contributed by atoms with Crippen LogP contribution in [0.25, 0.3) is 33.4 Å². The fourth-order valence-corrected chi connectivity index (χ4v) is 3.31. The van der Waals surface area contributed by atoms with Gasteiger partial charge in [-0.1, -0.05) is 84.9 Å². The summed E-state index contributed by atoms with van der Waals surface area (Å²) < 4.78 is 0. The first-order chi connectivity index (χ1) is 12.8. The summed E-state index contributed by atoms with van der Waals surface area (Å²) in [5.41, 5.74) is 5.33. The van der Waals surface area contributed by atoms with Crippen LogP contribution in [0.3, 0.4) is 0 Å². The average Bonchev–Trinajstić information content (AvgIpc) is 2.69. The molecule has 2 N–H and O–H groups in total. The van der Waals surface area contributed by atoms with Crippen LogP contribution in [-0.2, 0) is 0 Å². The Bertz CT molecular complexity index is 1050. The minimum Gasteiger partial charge on any atom is -0.507 e. The number of hydrogen-bond acceptors (Lipinski definition) is 2. The molecule has 2 nitrogen and oxygen atoms in total. The van der Waals surface area contributed by atoms with E-state index in [1.807, 2.05) is 78.9 Å². The van der Waals surface area contributed by atoms with Crippen molar-refractivity contribution >= 4 is 0 Å². The summed E-state index contributed by atoms with van der Waals surface area (Å²) in [4.78, 5) is 0. The molecule has 0 saturated carbocycles. The highest BCUT2D eigenvalue weighted by Crippen LogP contribution is 2.44. The van der Waals surface area contributed by atoms with E-state index in [0.717, 1.165) is 33.4 Å². The number of hydrogen-bond donors (Lipinski definition) is 2. The molecule has 0 fully saturated rings. The van der Waals surface area contributed by atoms with Gasteiger partial charge in [-0.15, -0.1) is 0 Å². The van der Waals surface area contributed by atoms with Crippen molar-refractivity contribution in [2.24, 2.45) is 0 Å². The van der Waals surface area contributed by atoms with Gasteiger partial charge >= 0.3 is 0 Å².